The molecule has 6 nitrogen and oxygen atoms in total. The first-order chi connectivity index (χ1) is 7.69. The molecule has 0 spiro atoms. The fraction of sp³-hybridized carbons (Fsp3) is 0.222. The summed E-state index contributed by atoms with van der Waals surface area (Å²) in [6, 6.07) is 3.54. The zero-order valence-electron chi connectivity index (χ0n) is 8.89. The fourth-order valence-electron chi connectivity index (χ4n) is 1.12. The van der Waals surface area contributed by atoms with Crippen molar-refractivity contribution in [2.24, 2.45) is 0 Å². The van der Waals surface area contributed by atoms with E-state index in [0.717, 1.165) is 10.9 Å². The number of nitrogens with zero attached hydrogens (tertiary/aromatic N) is 3. The molecule has 0 atom stereocenters. The van der Waals surface area contributed by atoms with Crippen LogP contribution in [0.2, 0.25) is 0 Å². The average molecular weight is 237 g/mol. The molecule has 0 unspecified atom stereocenters. The number of rotatable bonds is 3. The van der Waals surface area contributed by atoms with Gasteiger partial charge in [0, 0.05) is 0 Å². The standard InChI is InChI=1S/C9H11N5OS/c1-5-11-9(14-13-5)16-7-4-3-6(10)8(12-7)15-2/h3-4H,10H2,1-2H3,(H,11,13,14). The van der Waals surface area contributed by atoms with Gasteiger partial charge in [-0.05, 0) is 30.8 Å². The van der Waals surface area contributed by atoms with Crippen molar-refractivity contribution in [2.75, 3.05) is 12.8 Å². The monoisotopic (exact) mass is 237 g/mol. The predicted octanol–water partition coefficient (Wildman–Crippen LogP) is 1.25. The molecular formula is C9H11N5OS. The van der Waals surface area contributed by atoms with Gasteiger partial charge in [-0.1, -0.05) is 0 Å². The Hall–Kier alpha value is -1.76. The average Bonchev–Trinajstić information content (AvgIpc) is 2.67. The summed E-state index contributed by atoms with van der Waals surface area (Å²) in [4.78, 5) is 8.39. The molecule has 0 aliphatic rings. The quantitative estimate of drug-likeness (QED) is 0.835. The van der Waals surface area contributed by atoms with E-state index in [2.05, 4.69) is 20.2 Å². The first-order valence-electron chi connectivity index (χ1n) is 4.56. The molecule has 2 aromatic heterocycles. The number of H-pyrrole nitrogens is 1. The second kappa shape index (κ2) is 4.40. The van der Waals surface area contributed by atoms with Gasteiger partial charge in [0.05, 0.1) is 12.8 Å². The Balaban J connectivity index is 2.21. The smallest absolute Gasteiger partial charge is 0.237 e. The summed E-state index contributed by atoms with van der Waals surface area (Å²) < 4.78 is 5.03. The molecule has 3 N–H and O–H groups in total. The van der Waals surface area contributed by atoms with Crippen molar-refractivity contribution in [2.45, 2.75) is 17.1 Å². The number of hydrogen-bond donors (Lipinski definition) is 2. The second-order valence-electron chi connectivity index (χ2n) is 3.05. The largest absolute Gasteiger partial charge is 0.480 e. The molecule has 0 aliphatic heterocycles. The molecular weight excluding hydrogens is 226 g/mol. The van der Waals surface area contributed by atoms with Crippen LogP contribution < -0.4 is 10.5 Å². The Labute approximate surface area is 96.6 Å². The number of nitrogens with two attached hydrogens (primary N) is 1. The Morgan fingerprint density at radius 2 is 2.19 bits per heavy atom. The van der Waals surface area contributed by atoms with Crippen LogP contribution >= 0.6 is 11.8 Å². The van der Waals surface area contributed by atoms with E-state index < -0.39 is 0 Å². The van der Waals surface area contributed by atoms with Crippen molar-refractivity contribution in [1.82, 2.24) is 20.2 Å². The molecule has 0 amide bonds. The number of aryl methyl sites for hydroxylation is 1. The first-order valence-corrected chi connectivity index (χ1v) is 5.38. The van der Waals surface area contributed by atoms with Crippen molar-refractivity contribution >= 4 is 17.4 Å². The van der Waals surface area contributed by atoms with Gasteiger partial charge in [-0.25, -0.2) is 9.97 Å². The number of pyridine rings is 1. The number of anilines is 1. The van der Waals surface area contributed by atoms with Crippen LogP contribution in [0.3, 0.4) is 0 Å². The van der Waals surface area contributed by atoms with Gasteiger partial charge in [-0.15, -0.1) is 5.10 Å². The summed E-state index contributed by atoms with van der Waals surface area (Å²) >= 11 is 1.35. The minimum absolute atomic E-state index is 0.414. The molecule has 84 valence electrons. The zero-order valence-corrected chi connectivity index (χ0v) is 9.71. The summed E-state index contributed by atoms with van der Waals surface area (Å²) in [5, 5.41) is 8.13. The van der Waals surface area contributed by atoms with E-state index in [9.17, 15) is 0 Å². The van der Waals surface area contributed by atoms with Crippen LogP contribution in [0, 0.1) is 6.92 Å². The van der Waals surface area contributed by atoms with Gasteiger partial charge in [-0.2, -0.15) is 0 Å². The lowest BCUT2D eigenvalue weighted by Crippen LogP contribution is -1.95. The second-order valence-corrected chi connectivity index (χ2v) is 4.04. The third-order valence-corrected chi connectivity index (χ3v) is 2.63. The van der Waals surface area contributed by atoms with Gasteiger partial charge in [0.25, 0.3) is 0 Å². The summed E-state index contributed by atoms with van der Waals surface area (Å²) in [7, 11) is 1.53. The molecule has 0 saturated carbocycles. The maximum absolute atomic E-state index is 5.66. The molecule has 0 radical (unpaired) electrons. The molecule has 2 aromatic rings. The zero-order chi connectivity index (χ0) is 11.5. The number of aromatic amines is 1. The van der Waals surface area contributed by atoms with Crippen LogP contribution in [0.4, 0.5) is 5.69 Å². The van der Waals surface area contributed by atoms with Crippen LogP contribution in [0.1, 0.15) is 5.82 Å². The highest BCUT2D eigenvalue weighted by Crippen LogP contribution is 2.27. The lowest BCUT2D eigenvalue weighted by Gasteiger charge is -2.03. The third kappa shape index (κ3) is 2.25. The van der Waals surface area contributed by atoms with Gasteiger partial charge >= 0.3 is 0 Å². The Morgan fingerprint density at radius 1 is 1.38 bits per heavy atom. The number of ether oxygens (including phenoxy) is 1. The lowest BCUT2D eigenvalue weighted by molar-refractivity contribution is 0.397. The Kier molecular flexibility index (Phi) is 2.95. The van der Waals surface area contributed by atoms with Gasteiger partial charge in [0.1, 0.15) is 10.9 Å². The molecule has 0 saturated heterocycles. The normalized spacial score (nSPS) is 10.4. The van der Waals surface area contributed by atoms with E-state index in [4.69, 9.17) is 10.5 Å². The minimum atomic E-state index is 0.414. The van der Waals surface area contributed by atoms with Crippen LogP contribution in [-0.4, -0.2) is 27.3 Å². The van der Waals surface area contributed by atoms with E-state index in [-0.39, 0.29) is 0 Å². The van der Waals surface area contributed by atoms with Crippen molar-refractivity contribution < 1.29 is 4.74 Å². The van der Waals surface area contributed by atoms with Crippen molar-refractivity contribution in [3.63, 3.8) is 0 Å². The topological polar surface area (TPSA) is 89.7 Å². The Bertz CT molecular complexity index is 498. The van der Waals surface area contributed by atoms with Crippen molar-refractivity contribution in [1.29, 1.82) is 0 Å². The van der Waals surface area contributed by atoms with Crippen LogP contribution in [0.5, 0.6) is 5.88 Å². The third-order valence-electron chi connectivity index (χ3n) is 1.83. The van der Waals surface area contributed by atoms with E-state index in [0.29, 0.717) is 16.7 Å². The highest BCUT2D eigenvalue weighted by atomic mass is 32.2. The van der Waals surface area contributed by atoms with E-state index >= 15 is 0 Å². The van der Waals surface area contributed by atoms with Crippen LogP contribution in [-0.2, 0) is 0 Å². The number of nitrogen functional groups attached to an aromatic ring is 1. The predicted molar refractivity (Wildman–Crippen MR) is 60.4 cm³/mol. The minimum Gasteiger partial charge on any atom is -0.480 e. The van der Waals surface area contributed by atoms with Crippen LogP contribution in [0.25, 0.3) is 0 Å². The summed E-state index contributed by atoms with van der Waals surface area (Å²) in [5.74, 6) is 1.18. The van der Waals surface area contributed by atoms with Crippen molar-refractivity contribution in [3.05, 3.63) is 18.0 Å². The maximum atomic E-state index is 5.66. The Morgan fingerprint density at radius 3 is 2.81 bits per heavy atom. The SMILES string of the molecule is COc1nc(Sc2n[nH]c(C)n2)ccc1N. The summed E-state index contributed by atoms with van der Waals surface area (Å²) in [6.45, 7) is 1.84. The van der Waals surface area contributed by atoms with Gasteiger partial charge in [0.2, 0.25) is 11.0 Å². The molecule has 7 heteroatoms. The molecule has 16 heavy (non-hydrogen) atoms. The molecule has 0 aliphatic carbocycles. The molecule has 2 heterocycles. The number of aromatic nitrogens is 4. The molecule has 0 bridgehead atoms. The van der Waals surface area contributed by atoms with Crippen LogP contribution in [0.15, 0.2) is 22.3 Å². The number of nitrogens with one attached hydrogen (secondary N) is 1. The van der Waals surface area contributed by atoms with Gasteiger partial charge < -0.3 is 10.5 Å². The maximum Gasteiger partial charge on any atom is 0.237 e. The molecule has 2 rings (SSSR count). The van der Waals surface area contributed by atoms with Crippen molar-refractivity contribution in [3.8, 4) is 5.88 Å². The first kappa shape index (κ1) is 10.7. The van der Waals surface area contributed by atoms with Gasteiger partial charge in [0.15, 0.2) is 0 Å². The molecule has 0 fully saturated rings. The highest BCUT2D eigenvalue weighted by molar-refractivity contribution is 7.99. The van der Waals surface area contributed by atoms with Gasteiger partial charge in [-0.3, -0.25) is 5.10 Å². The number of methoxy groups -OCH3 is 1. The van der Waals surface area contributed by atoms with E-state index in [1.165, 1.54) is 18.9 Å². The van der Waals surface area contributed by atoms with E-state index in [1.807, 2.05) is 6.92 Å². The lowest BCUT2D eigenvalue weighted by atomic mass is 10.4. The molecule has 0 aromatic carbocycles. The number of hydrogen-bond acceptors (Lipinski definition) is 6. The van der Waals surface area contributed by atoms with E-state index in [1.54, 1.807) is 12.1 Å². The highest BCUT2D eigenvalue weighted by Gasteiger charge is 2.07. The summed E-state index contributed by atoms with van der Waals surface area (Å²) in [5.41, 5.74) is 6.18. The summed E-state index contributed by atoms with van der Waals surface area (Å²) in [6.07, 6.45) is 0. The fourth-order valence-corrected chi connectivity index (χ4v) is 1.84.